The molecule has 1 unspecified atom stereocenters. The maximum atomic E-state index is 13.3. The molecule has 12 heteroatoms. The number of H-pyrrole nitrogens is 1. The highest BCUT2D eigenvalue weighted by Crippen LogP contribution is 2.34. The lowest BCUT2D eigenvalue weighted by Gasteiger charge is -2.17. The molecule has 0 saturated heterocycles. The Bertz CT molecular complexity index is 1490. The van der Waals surface area contributed by atoms with Crippen LogP contribution in [-0.4, -0.2) is 27.1 Å². The van der Waals surface area contributed by atoms with E-state index in [1.165, 1.54) is 49.5 Å². The number of halogens is 5. The summed E-state index contributed by atoms with van der Waals surface area (Å²) in [6.45, 7) is -0.160. The van der Waals surface area contributed by atoms with Gasteiger partial charge in [0.15, 0.2) is 5.69 Å². The first-order chi connectivity index (χ1) is 16.9. The Morgan fingerprint density at radius 2 is 1.86 bits per heavy atom. The Labute approximate surface area is 200 Å². The summed E-state index contributed by atoms with van der Waals surface area (Å²) in [4.78, 5) is 27.9. The fourth-order valence-corrected chi connectivity index (χ4v) is 3.75. The molecule has 0 spiro atoms. The van der Waals surface area contributed by atoms with Gasteiger partial charge in [0.2, 0.25) is 0 Å². The number of alkyl halides is 5. The first-order valence-corrected chi connectivity index (χ1v) is 10.6. The minimum absolute atomic E-state index is 0.0128. The highest BCUT2D eigenvalue weighted by atomic mass is 19.4. The van der Waals surface area contributed by atoms with Gasteiger partial charge >= 0.3 is 12.8 Å². The number of aryl methyl sites for hydroxylation is 1. The van der Waals surface area contributed by atoms with Crippen LogP contribution in [0.5, 0.6) is 5.75 Å². The third-order valence-electron chi connectivity index (χ3n) is 5.50. The third-order valence-corrected chi connectivity index (χ3v) is 5.50. The van der Waals surface area contributed by atoms with E-state index in [1.54, 1.807) is 13.0 Å². The van der Waals surface area contributed by atoms with Gasteiger partial charge in [0.25, 0.3) is 11.5 Å². The normalized spacial score (nSPS) is 12.7. The van der Waals surface area contributed by atoms with Crippen molar-refractivity contribution in [3.8, 4) is 17.0 Å². The Kier molecular flexibility index (Phi) is 6.53. The fourth-order valence-electron chi connectivity index (χ4n) is 3.75. The molecule has 0 aliphatic carbocycles. The van der Waals surface area contributed by atoms with E-state index in [0.29, 0.717) is 5.56 Å². The van der Waals surface area contributed by atoms with Crippen LogP contribution in [0.2, 0.25) is 0 Å². The van der Waals surface area contributed by atoms with Crippen LogP contribution in [0, 0.1) is 6.92 Å². The van der Waals surface area contributed by atoms with Crippen LogP contribution in [0.25, 0.3) is 16.8 Å². The Morgan fingerprint density at radius 1 is 1.14 bits per heavy atom. The van der Waals surface area contributed by atoms with Gasteiger partial charge in [-0.05, 0) is 31.5 Å². The molecule has 2 N–H and O–H groups in total. The van der Waals surface area contributed by atoms with Crippen molar-refractivity contribution in [1.29, 1.82) is 0 Å². The summed E-state index contributed by atoms with van der Waals surface area (Å²) < 4.78 is 70.9. The number of benzene rings is 2. The van der Waals surface area contributed by atoms with Gasteiger partial charge < -0.3 is 15.0 Å². The van der Waals surface area contributed by atoms with Crippen molar-refractivity contribution < 1.29 is 31.5 Å². The summed E-state index contributed by atoms with van der Waals surface area (Å²) in [5.74, 6) is -0.804. The van der Waals surface area contributed by atoms with Gasteiger partial charge in [-0.2, -0.15) is 27.1 Å². The Balaban J connectivity index is 1.63. The van der Waals surface area contributed by atoms with Gasteiger partial charge in [0.05, 0.1) is 23.5 Å². The smallest absolute Gasteiger partial charge is 0.416 e. The van der Waals surface area contributed by atoms with Gasteiger partial charge in [-0.25, -0.2) is 4.52 Å². The maximum absolute atomic E-state index is 13.3. The standard InChI is InChI=1S/C24H19F5N4O3/c1-12-7-8-14(9-16(12)24(27,28)29)18-11-33-19(22(35)31-18)10-17(32-33)21(34)30-13(2)15-5-3-4-6-20(15)36-23(25)26/h3-11,13,23H,1-2H3,(H,30,34)(H,31,35). The van der Waals surface area contributed by atoms with Crippen LogP contribution in [-0.2, 0) is 6.18 Å². The van der Waals surface area contributed by atoms with E-state index in [1.807, 2.05) is 0 Å². The predicted octanol–water partition coefficient (Wildman–Crippen LogP) is 5.11. The second kappa shape index (κ2) is 9.44. The van der Waals surface area contributed by atoms with Gasteiger partial charge in [-0.15, -0.1) is 0 Å². The van der Waals surface area contributed by atoms with Crippen molar-refractivity contribution in [2.24, 2.45) is 0 Å². The monoisotopic (exact) mass is 506 g/mol. The molecule has 36 heavy (non-hydrogen) atoms. The number of hydrogen-bond acceptors (Lipinski definition) is 4. The number of rotatable bonds is 6. The number of fused-ring (bicyclic) bond motifs is 1. The number of nitrogens with zero attached hydrogens (tertiary/aromatic N) is 2. The zero-order chi connectivity index (χ0) is 26.2. The van der Waals surface area contributed by atoms with Crippen molar-refractivity contribution in [2.75, 3.05) is 0 Å². The van der Waals surface area contributed by atoms with E-state index in [4.69, 9.17) is 0 Å². The van der Waals surface area contributed by atoms with E-state index in [-0.39, 0.29) is 33.8 Å². The molecule has 7 nitrogen and oxygen atoms in total. The fraction of sp³-hybridized carbons (Fsp3) is 0.208. The maximum Gasteiger partial charge on any atom is 0.416 e. The van der Waals surface area contributed by atoms with Crippen LogP contribution < -0.4 is 15.6 Å². The summed E-state index contributed by atoms with van der Waals surface area (Å²) in [6.07, 6.45) is -3.27. The van der Waals surface area contributed by atoms with Crippen LogP contribution in [0.3, 0.4) is 0 Å². The number of carbonyl (C=O) groups excluding carboxylic acids is 1. The summed E-state index contributed by atoms with van der Waals surface area (Å²) in [7, 11) is 0. The van der Waals surface area contributed by atoms with Gasteiger partial charge in [-0.3, -0.25) is 9.59 Å². The molecule has 1 atom stereocenters. The molecule has 2 aromatic heterocycles. The topological polar surface area (TPSA) is 88.5 Å². The number of para-hydroxylation sites is 1. The van der Waals surface area contributed by atoms with Gasteiger partial charge in [0.1, 0.15) is 11.3 Å². The SMILES string of the molecule is Cc1ccc(-c2cn3nc(C(=O)NC(C)c4ccccc4OC(F)F)cc3c(=O)[nH]2)cc1C(F)(F)F. The Hall–Kier alpha value is -4.22. The molecule has 2 heterocycles. The number of carbonyl (C=O) groups is 1. The minimum atomic E-state index is -4.57. The Morgan fingerprint density at radius 3 is 2.56 bits per heavy atom. The van der Waals surface area contributed by atoms with Gasteiger partial charge in [0, 0.05) is 17.2 Å². The van der Waals surface area contributed by atoms with E-state index >= 15 is 0 Å². The largest absolute Gasteiger partial charge is 0.434 e. The zero-order valence-corrected chi connectivity index (χ0v) is 18.9. The summed E-state index contributed by atoms with van der Waals surface area (Å²) in [5.41, 5.74) is -1.17. The molecule has 1 amide bonds. The highest BCUT2D eigenvalue weighted by Gasteiger charge is 2.32. The van der Waals surface area contributed by atoms with Crippen LogP contribution >= 0.6 is 0 Å². The molecule has 0 fully saturated rings. The number of amides is 1. The third kappa shape index (κ3) is 5.07. The molecule has 188 valence electrons. The first-order valence-electron chi connectivity index (χ1n) is 10.6. The molecular weight excluding hydrogens is 487 g/mol. The van der Waals surface area contributed by atoms with E-state index in [0.717, 1.165) is 10.6 Å². The lowest BCUT2D eigenvalue weighted by molar-refractivity contribution is -0.138. The number of nitrogens with one attached hydrogen (secondary N) is 2. The molecule has 0 radical (unpaired) electrons. The average Bonchev–Trinajstić information content (AvgIpc) is 3.23. The van der Waals surface area contributed by atoms with Crippen LogP contribution in [0.4, 0.5) is 22.0 Å². The van der Waals surface area contributed by atoms with Crippen LogP contribution in [0.15, 0.2) is 59.5 Å². The molecule has 0 aliphatic rings. The summed E-state index contributed by atoms with van der Waals surface area (Å²) in [5, 5.41) is 6.68. The van der Waals surface area contributed by atoms with E-state index in [2.05, 4.69) is 20.1 Å². The second-order valence-corrected chi connectivity index (χ2v) is 8.00. The lowest BCUT2D eigenvalue weighted by atomic mass is 10.0. The zero-order valence-electron chi connectivity index (χ0n) is 18.9. The first kappa shape index (κ1) is 24.9. The van der Waals surface area contributed by atoms with Crippen molar-refractivity contribution >= 4 is 11.4 Å². The number of ether oxygens (including phenoxy) is 1. The van der Waals surface area contributed by atoms with Crippen molar-refractivity contribution in [3.63, 3.8) is 0 Å². The van der Waals surface area contributed by atoms with Crippen LogP contribution in [0.1, 0.15) is 40.1 Å². The summed E-state index contributed by atoms with van der Waals surface area (Å²) >= 11 is 0. The average molecular weight is 506 g/mol. The molecule has 0 aliphatic heterocycles. The highest BCUT2D eigenvalue weighted by molar-refractivity contribution is 5.93. The quantitative estimate of drug-likeness (QED) is 0.356. The molecular formula is C24H19F5N4O3. The van der Waals surface area contributed by atoms with E-state index in [9.17, 15) is 31.5 Å². The minimum Gasteiger partial charge on any atom is -0.434 e. The predicted molar refractivity (Wildman–Crippen MR) is 120 cm³/mol. The van der Waals surface area contributed by atoms with Crippen molar-refractivity contribution in [1.82, 2.24) is 19.9 Å². The number of aromatic amines is 1. The van der Waals surface area contributed by atoms with Gasteiger partial charge in [-0.1, -0.05) is 30.3 Å². The number of aromatic nitrogens is 3. The van der Waals surface area contributed by atoms with Crippen molar-refractivity contribution in [2.45, 2.75) is 32.7 Å². The summed E-state index contributed by atoms with van der Waals surface area (Å²) in [6, 6.07) is 10.1. The molecule has 4 aromatic rings. The number of hydrogen-bond donors (Lipinski definition) is 2. The second-order valence-electron chi connectivity index (χ2n) is 8.00. The molecule has 0 saturated carbocycles. The molecule has 0 bridgehead atoms. The lowest BCUT2D eigenvalue weighted by Crippen LogP contribution is -2.27. The van der Waals surface area contributed by atoms with E-state index < -0.39 is 35.9 Å². The molecule has 2 aromatic carbocycles. The molecule has 4 rings (SSSR count). The van der Waals surface area contributed by atoms with Crippen molar-refractivity contribution in [3.05, 3.63) is 87.5 Å².